The van der Waals surface area contributed by atoms with Crippen LogP contribution in [0.3, 0.4) is 0 Å². The number of hydrogen-bond donors (Lipinski definition) is 1. The van der Waals surface area contributed by atoms with E-state index in [2.05, 4.69) is 17.4 Å². The quantitative estimate of drug-likeness (QED) is 0.601. The van der Waals surface area contributed by atoms with Crippen LogP contribution in [0.5, 0.6) is 0 Å². The highest BCUT2D eigenvalue weighted by Gasteiger charge is 2.00. The lowest BCUT2D eigenvalue weighted by Crippen LogP contribution is -2.26. The highest BCUT2D eigenvalue weighted by Crippen LogP contribution is 2.10. The van der Waals surface area contributed by atoms with Gasteiger partial charge < -0.3 is 5.32 Å². The minimum absolute atomic E-state index is 0.0889. The lowest BCUT2D eigenvalue weighted by Gasteiger charge is -2.03. The molecular weight excluding hydrogens is 242 g/mol. The fourth-order valence-corrected chi connectivity index (χ4v) is 2.13. The summed E-state index contributed by atoms with van der Waals surface area (Å²) in [5, 5.41) is 2.83. The van der Waals surface area contributed by atoms with Gasteiger partial charge in [-0.05, 0) is 12.0 Å². The molecule has 88 valence electrons. The number of nitrogens with one attached hydrogen (secondary N) is 1. The Morgan fingerprint density at radius 3 is 2.75 bits per heavy atom. The summed E-state index contributed by atoms with van der Waals surface area (Å²) in [5.41, 5.74) is 1.25. The molecule has 0 atom stereocenters. The summed E-state index contributed by atoms with van der Waals surface area (Å²) >= 11 is 7.14. The lowest BCUT2D eigenvalue weighted by molar-refractivity contribution is -0.118. The predicted octanol–water partition coefficient (Wildman–Crippen LogP) is 2.66. The van der Waals surface area contributed by atoms with E-state index in [0.29, 0.717) is 18.2 Å². The molecule has 0 saturated carbocycles. The average Bonchev–Trinajstić information content (AvgIpc) is 2.31. The van der Waals surface area contributed by atoms with Crippen LogP contribution in [-0.4, -0.2) is 24.1 Å². The van der Waals surface area contributed by atoms with Gasteiger partial charge in [-0.25, -0.2) is 0 Å². The van der Waals surface area contributed by atoms with E-state index in [4.69, 9.17) is 11.6 Å². The predicted molar refractivity (Wildman–Crippen MR) is 71.0 cm³/mol. The molecule has 0 aliphatic heterocycles. The Hall–Kier alpha value is -0.670. The van der Waals surface area contributed by atoms with Gasteiger partial charge in [0.25, 0.3) is 0 Å². The van der Waals surface area contributed by atoms with E-state index >= 15 is 0 Å². The second-order valence-corrected chi connectivity index (χ2v) is 4.73. The Morgan fingerprint density at radius 1 is 1.31 bits per heavy atom. The van der Waals surface area contributed by atoms with E-state index < -0.39 is 0 Å². The van der Waals surface area contributed by atoms with Crippen LogP contribution in [0.1, 0.15) is 12.0 Å². The number of benzene rings is 1. The minimum Gasteiger partial charge on any atom is -0.355 e. The van der Waals surface area contributed by atoms with Gasteiger partial charge in [-0.15, -0.1) is 23.4 Å². The normalized spacial score (nSPS) is 10.1. The molecule has 0 bridgehead atoms. The third kappa shape index (κ3) is 6.03. The second kappa shape index (κ2) is 8.48. The molecule has 0 unspecified atom stereocenters. The number of halogens is 1. The van der Waals surface area contributed by atoms with Gasteiger partial charge in [0.1, 0.15) is 0 Å². The third-order valence-electron chi connectivity index (χ3n) is 1.98. The fourth-order valence-electron chi connectivity index (χ4n) is 1.18. The first-order chi connectivity index (χ1) is 7.83. The van der Waals surface area contributed by atoms with Crippen LogP contribution in [-0.2, 0) is 10.5 Å². The van der Waals surface area contributed by atoms with E-state index in [9.17, 15) is 4.79 Å². The molecule has 4 heteroatoms. The summed E-state index contributed by atoms with van der Waals surface area (Å²) in [5.74, 6) is 2.07. The molecule has 0 aromatic heterocycles. The Balaban J connectivity index is 2.09. The molecule has 1 aromatic rings. The molecule has 0 spiro atoms. The smallest absolute Gasteiger partial charge is 0.230 e. The topological polar surface area (TPSA) is 29.1 Å². The average molecular weight is 258 g/mol. The van der Waals surface area contributed by atoms with Crippen LogP contribution in [0.15, 0.2) is 30.3 Å². The van der Waals surface area contributed by atoms with E-state index in [0.717, 1.165) is 12.2 Å². The van der Waals surface area contributed by atoms with E-state index in [1.165, 1.54) is 5.56 Å². The van der Waals surface area contributed by atoms with Gasteiger partial charge in [-0.2, -0.15) is 0 Å². The lowest BCUT2D eigenvalue weighted by atomic mass is 10.2. The van der Waals surface area contributed by atoms with Crippen molar-refractivity contribution >= 4 is 29.3 Å². The molecule has 0 saturated heterocycles. The zero-order valence-corrected chi connectivity index (χ0v) is 10.7. The van der Waals surface area contributed by atoms with Gasteiger partial charge in [0.15, 0.2) is 0 Å². The van der Waals surface area contributed by atoms with E-state index in [1.54, 1.807) is 11.8 Å². The van der Waals surface area contributed by atoms with Crippen molar-refractivity contribution in [1.29, 1.82) is 0 Å². The first-order valence-corrected chi connectivity index (χ1v) is 6.96. The molecular formula is C12H16ClNOS. The van der Waals surface area contributed by atoms with Crippen molar-refractivity contribution in [2.75, 3.05) is 18.2 Å². The van der Waals surface area contributed by atoms with E-state index in [1.807, 2.05) is 18.2 Å². The van der Waals surface area contributed by atoms with Crippen molar-refractivity contribution in [3.05, 3.63) is 35.9 Å². The Bertz CT molecular complexity index is 305. The standard InChI is InChI=1S/C12H16ClNOS/c13-7-4-8-14-12(15)10-16-9-11-5-2-1-3-6-11/h1-3,5-6H,4,7-10H2,(H,14,15). The Kier molecular flexibility index (Phi) is 7.10. The van der Waals surface area contributed by atoms with Crippen LogP contribution >= 0.6 is 23.4 Å². The first-order valence-electron chi connectivity index (χ1n) is 5.27. The van der Waals surface area contributed by atoms with Crippen LogP contribution in [0.4, 0.5) is 0 Å². The number of hydrogen-bond acceptors (Lipinski definition) is 2. The molecule has 1 N–H and O–H groups in total. The Morgan fingerprint density at radius 2 is 2.06 bits per heavy atom. The maximum Gasteiger partial charge on any atom is 0.230 e. The van der Waals surface area contributed by atoms with Crippen LogP contribution in [0.25, 0.3) is 0 Å². The van der Waals surface area contributed by atoms with Crippen molar-refractivity contribution in [3.8, 4) is 0 Å². The summed E-state index contributed by atoms with van der Waals surface area (Å²) in [7, 11) is 0. The van der Waals surface area contributed by atoms with Gasteiger partial charge in [0.2, 0.25) is 5.91 Å². The summed E-state index contributed by atoms with van der Waals surface area (Å²) < 4.78 is 0. The van der Waals surface area contributed by atoms with Gasteiger partial charge in [-0.3, -0.25) is 4.79 Å². The Labute approximate surface area is 106 Å². The van der Waals surface area contributed by atoms with Crippen molar-refractivity contribution in [3.63, 3.8) is 0 Å². The maximum absolute atomic E-state index is 11.3. The van der Waals surface area contributed by atoms with Gasteiger partial charge in [0.05, 0.1) is 5.75 Å². The highest BCUT2D eigenvalue weighted by atomic mass is 35.5. The molecule has 0 fully saturated rings. The second-order valence-electron chi connectivity index (χ2n) is 3.37. The zero-order chi connectivity index (χ0) is 11.6. The van der Waals surface area contributed by atoms with Crippen molar-refractivity contribution in [2.45, 2.75) is 12.2 Å². The molecule has 2 nitrogen and oxygen atoms in total. The van der Waals surface area contributed by atoms with Crippen molar-refractivity contribution in [1.82, 2.24) is 5.32 Å². The number of carbonyl (C=O) groups is 1. The monoisotopic (exact) mass is 257 g/mol. The van der Waals surface area contributed by atoms with Crippen molar-refractivity contribution < 1.29 is 4.79 Å². The maximum atomic E-state index is 11.3. The van der Waals surface area contributed by atoms with Crippen LogP contribution in [0.2, 0.25) is 0 Å². The molecule has 0 aliphatic rings. The number of rotatable bonds is 7. The molecule has 0 heterocycles. The van der Waals surface area contributed by atoms with Gasteiger partial charge in [0, 0.05) is 18.2 Å². The van der Waals surface area contributed by atoms with Gasteiger partial charge >= 0.3 is 0 Å². The SMILES string of the molecule is O=C(CSCc1ccccc1)NCCCCl. The van der Waals surface area contributed by atoms with Crippen LogP contribution in [0, 0.1) is 0 Å². The summed E-state index contributed by atoms with van der Waals surface area (Å²) in [6.07, 6.45) is 0.830. The zero-order valence-electron chi connectivity index (χ0n) is 9.12. The molecule has 16 heavy (non-hydrogen) atoms. The molecule has 1 amide bonds. The number of amides is 1. The summed E-state index contributed by atoms with van der Waals surface area (Å²) in [6, 6.07) is 10.1. The van der Waals surface area contributed by atoms with Crippen molar-refractivity contribution in [2.24, 2.45) is 0 Å². The minimum atomic E-state index is 0.0889. The largest absolute Gasteiger partial charge is 0.355 e. The third-order valence-corrected chi connectivity index (χ3v) is 3.25. The molecule has 1 aromatic carbocycles. The van der Waals surface area contributed by atoms with Crippen LogP contribution < -0.4 is 5.32 Å². The molecule has 0 aliphatic carbocycles. The fraction of sp³-hybridized carbons (Fsp3) is 0.417. The summed E-state index contributed by atoms with van der Waals surface area (Å²) in [6.45, 7) is 0.675. The first kappa shape index (κ1) is 13.4. The molecule has 0 radical (unpaired) electrons. The molecule has 1 rings (SSSR count). The van der Waals surface area contributed by atoms with E-state index in [-0.39, 0.29) is 5.91 Å². The number of carbonyl (C=O) groups excluding carboxylic acids is 1. The number of thioether (sulfide) groups is 1. The highest BCUT2D eigenvalue weighted by molar-refractivity contribution is 7.99. The van der Waals surface area contributed by atoms with Gasteiger partial charge in [-0.1, -0.05) is 30.3 Å². The number of alkyl halides is 1. The summed E-state index contributed by atoms with van der Waals surface area (Å²) in [4.78, 5) is 11.3.